The van der Waals surface area contributed by atoms with Gasteiger partial charge in [0, 0.05) is 13.6 Å². The summed E-state index contributed by atoms with van der Waals surface area (Å²) < 4.78 is 3.22. The van der Waals surface area contributed by atoms with E-state index in [-0.39, 0.29) is 11.9 Å². The smallest absolute Gasteiger partial charge is 0.271 e. The summed E-state index contributed by atoms with van der Waals surface area (Å²) in [7, 11) is 1.68. The van der Waals surface area contributed by atoms with E-state index in [0.29, 0.717) is 23.7 Å². The largest absolute Gasteiger partial charge is 0.341 e. The molecular weight excluding hydrogens is 280 g/mol. The molecule has 0 aliphatic carbocycles. The maximum atomic E-state index is 12.3. The van der Waals surface area contributed by atoms with E-state index in [1.54, 1.807) is 11.7 Å². The summed E-state index contributed by atoms with van der Waals surface area (Å²) in [6.07, 6.45) is 3.65. The van der Waals surface area contributed by atoms with E-state index in [1.165, 1.54) is 17.2 Å². The molecule has 108 valence electrons. The molecule has 0 saturated heterocycles. The molecule has 0 unspecified atom stereocenters. The molecule has 0 aliphatic heterocycles. The number of carbonyl (C=O) groups is 1. The number of aryl methyl sites for hydroxylation is 2. The van der Waals surface area contributed by atoms with Crippen molar-refractivity contribution in [2.24, 2.45) is 7.05 Å². The highest BCUT2D eigenvalue weighted by Crippen LogP contribution is 2.18. The lowest BCUT2D eigenvalue weighted by atomic mass is 10.2. The summed E-state index contributed by atoms with van der Waals surface area (Å²) in [5.41, 5.74) is 0.340. The monoisotopic (exact) mass is 296 g/mol. The van der Waals surface area contributed by atoms with Crippen molar-refractivity contribution in [3.63, 3.8) is 0 Å². The lowest BCUT2D eigenvalue weighted by molar-refractivity contribution is 0.0923. The van der Waals surface area contributed by atoms with Crippen LogP contribution in [-0.2, 0) is 13.6 Å². The van der Waals surface area contributed by atoms with Crippen LogP contribution in [0.4, 0.5) is 0 Å². The Kier molecular flexibility index (Phi) is 4.39. The van der Waals surface area contributed by atoms with Crippen molar-refractivity contribution in [2.45, 2.75) is 32.9 Å². The molecule has 2 heterocycles. The third kappa shape index (κ3) is 2.67. The van der Waals surface area contributed by atoms with Crippen LogP contribution in [0.25, 0.3) is 0 Å². The highest BCUT2D eigenvalue weighted by molar-refractivity contribution is 6.33. The maximum Gasteiger partial charge on any atom is 0.271 e. The summed E-state index contributed by atoms with van der Waals surface area (Å²) in [5.74, 6) is 0.467. The summed E-state index contributed by atoms with van der Waals surface area (Å²) >= 11 is 5.97. The normalized spacial score (nSPS) is 12.4. The quantitative estimate of drug-likeness (QED) is 0.908. The Morgan fingerprint density at radius 1 is 1.45 bits per heavy atom. The second-order valence-electron chi connectivity index (χ2n) is 4.33. The molecule has 0 saturated carbocycles. The van der Waals surface area contributed by atoms with Gasteiger partial charge in [-0.3, -0.25) is 9.48 Å². The molecule has 0 aliphatic rings. The number of hydrogen-bond acceptors (Lipinski definition) is 4. The molecule has 20 heavy (non-hydrogen) atoms. The van der Waals surface area contributed by atoms with Crippen LogP contribution < -0.4 is 5.32 Å². The highest BCUT2D eigenvalue weighted by atomic mass is 35.5. The van der Waals surface area contributed by atoms with Crippen LogP contribution in [0.2, 0.25) is 5.02 Å². The van der Waals surface area contributed by atoms with Gasteiger partial charge in [0.05, 0.1) is 17.3 Å². The first-order valence-electron chi connectivity index (χ1n) is 6.44. The molecule has 2 rings (SSSR count). The van der Waals surface area contributed by atoms with Crippen LogP contribution in [-0.4, -0.2) is 30.5 Å². The van der Waals surface area contributed by atoms with Crippen LogP contribution in [0, 0.1) is 0 Å². The molecule has 2 aromatic heterocycles. The fourth-order valence-electron chi connectivity index (χ4n) is 2.03. The van der Waals surface area contributed by atoms with Gasteiger partial charge in [-0.25, -0.2) is 9.67 Å². The van der Waals surface area contributed by atoms with E-state index in [2.05, 4.69) is 20.5 Å². The minimum atomic E-state index is -0.271. The third-order valence-electron chi connectivity index (χ3n) is 3.08. The summed E-state index contributed by atoms with van der Waals surface area (Å²) in [6, 6.07) is -0.212. The van der Waals surface area contributed by atoms with Crippen LogP contribution >= 0.6 is 11.6 Å². The predicted molar refractivity (Wildman–Crippen MR) is 74.4 cm³/mol. The first-order valence-corrected chi connectivity index (χ1v) is 6.82. The van der Waals surface area contributed by atoms with Gasteiger partial charge < -0.3 is 5.32 Å². The Bertz CT molecular complexity index is 585. The number of rotatable bonds is 5. The molecule has 0 radical (unpaired) electrons. The highest BCUT2D eigenvalue weighted by Gasteiger charge is 2.22. The molecule has 0 aromatic carbocycles. The van der Waals surface area contributed by atoms with Crippen molar-refractivity contribution in [3.8, 4) is 0 Å². The first kappa shape index (κ1) is 14.5. The van der Waals surface area contributed by atoms with E-state index in [4.69, 9.17) is 11.6 Å². The number of hydrogen-bond donors (Lipinski definition) is 1. The number of aromatic nitrogens is 5. The zero-order valence-electron chi connectivity index (χ0n) is 11.7. The Hall–Kier alpha value is -1.89. The number of amides is 1. The number of nitrogens with zero attached hydrogens (tertiary/aromatic N) is 5. The second-order valence-corrected chi connectivity index (χ2v) is 4.74. The van der Waals surface area contributed by atoms with Gasteiger partial charge in [-0.1, -0.05) is 18.5 Å². The van der Waals surface area contributed by atoms with E-state index in [9.17, 15) is 4.79 Å². The van der Waals surface area contributed by atoms with Crippen LogP contribution in [0.1, 0.15) is 42.6 Å². The Balaban J connectivity index is 2.21. The van der Waals surface area contributed by atoms with E-state index in [0.717, 1.165) is 5.82 Å². The Morgan fingerprint density at radius 3 is 2.75 bits per heavy atom. The Morgan fingerprint density at radius 2 is 2.20 bits per heavy atom. The average Bonchev–Trinajstić information content (AvgIpc) is 3.02. The lowest BCUT2D eigenvalue weighted by Gasteiger charge is -2.17. The van der Waals surface area contributed by atoms with Gasteiger partial charge in [0.15, 0.2) is 0 Å². The molecule has 0 spiro atoms. The minimum absolute atomic E-state index is 0.212. The topological polar surface area (TPSA) is 77.6 Å². The lowest BCUT2D eigenvalue weighted by Crippen LogP contribution is -2.31. The summed E-state index contributed by atoms with van der Waals surface area (Å²) in [4.78, 5) is 16.5. The summed E-state index contributed by atoms with van der Waals surface area (Å²) in [5, 5.41) is 11.3. The van der Waals surface area contributed by atoms with Gasteiger partial charge in [0.2, 0.25) is 0 Å². The molecule has 2 aromatic rings. The molecule has 1 N–H and O–H groups in total. The minimum Gasteiger partial charge on any atom is -0.341 e. The van der Waals surface area contributed by atoms with Crippen LogP contribution in [0.15, 0.2) is 12.5 Å². The van der Waals surface area contributed by atoms with Crippen LogP contribution in [0.5, 0.6) is 0 Å². The zero-order valence-corrected chi connectivity index (χ0v) is 12.4. The summed E-state index contributed by atoms with van der Waals surface area (Å²) in [6.45, 7) is 4.66. The van der Waals surface area contributed by atoms with Crippen molar-refractivity contribution in [2.75, 3.05) is 0 Å². The standard InChI is InChI=1S/C12H17ClN6O/c1-4-9(11-14-7-16-19(11)5-2)17-12(20)10-8(13)6-15-18(10)3/h6-7,9H,4-5H2,1-3H3,(H,17,20)/t9-/m0/s1. The number of nitrogens with one attached hydrogen (secondary N) is 1. The van der Waals surface area contributed by atoms with Gasteiger partial charge in [0.25, 0.3) is 5.91 Å². The Labute approximate surface area is 121 Å². The molecular formula is C12H17ClN6O. The molecule has 8 heteroatoms. The maximum absolute atomic E-state index is 12.3. The number of halogens is 1. The predicted octanol–water partition coefficient (Wildman–Crippen LogP) is 1.57. The van der Waals surface area contributed by atoms with Gasteiger partial charge >= 0.3 is 0 Å². The molecule has 1 atom stereocenters. The first-order chi connectivity index (χ1) is 9.58. The second kappa shape index (κ2) is 6.04. The average molecular weight is 297 g/mol. The molecule has 1 amide bonds. The molecule has 0 fully saturated rings. The molecule has 0 bridgehead atoms. The zero-order chi connectivity index (χ0) is 14.7. The fraction of sp³-hybridized carbons (Fsp3) is 0.500. The van der Waals surface area contributed by atoms with Crippen molar-refractivity contribution in [1.29, 1.82) is 0 Å². The van der Waals surface area contributed by atoms with E-state index < -0.39 is 0 Å². The molecule has 7 nitrogen and oxygen atoms in total. The number of carbonyl (C=O) groups excluding carboxylic acids is 1. The SMILES string of the molecule is CC[C@H](NC(=O)c1c(Cl)cnn1C)c1ncnn1CC. The van der Waals surface area contributed by atoms with Crippen molar-refractivity contribution in [1.82, 2.24) is 29.9 Å². The van der Waals surface area contributed by atoms with Crippen molar-refractivity contribution in [3.05, 3.63) is 29.1 Å². The van der Waals surface area contributed by atoms with E-state index >= 15 is 0 Å². The fourth-order valence-corrected chi connectivity index (χ4v) is 2.28. The van der Waals surface area contributed by atoms with Crippen molar-refractivity contribution < 1.29 is 4.79 Å². The van der Waals surface area contributed by atoms with Crippen molar-refractivity contribution >= 4 is 17.5 Å². The van der Waals surface area contributed by atoms with Gasteiger partial charge in [-0.2, -0.15) is 10.2 Å². The van der Waals surface area contributed by atoms with Crippen LogP contribution in [0.3, 0.4) is 0 Å². The van der Waals surface area contributed by atoms with Gasteiger partial charge in [-0.15, -0.1) is 0 Å². The third-order valence-corrected chi connectivity index (χ3v) is 3.36. The van der Waals surface area contributed by atoms with E-state index in [1.807, 2.05) is 13.8 Å². The van der Waals surface area contributed by atoms with Gasteiger partial charge in [-0.05, 0) is 13.3 Å². The van der Waals surface area contributed by atoms with Gasteiger partial charge in [0.1, 0.15) is 17.8 Å².